The van der Waals surface area contributed by atoms with Crippen molar-refractivity contribution >= 4 is 5.91 Å². The number of nitrogens with two attached hydrogens (primary N) is 1. The molecule has 106 valence electrons. The summed E-state index contributed by atoms with van der Waals surface area (Å²) < 4.78 is 5.14. The zero-order chi connectivity index (χ0) is 14.4. The van der Waals surface area contributed by atoms with E-state index < -0.39 is 0 Å². The number of nitrogens with one attached hydrogen (secondary N) is 1. The normalized spacial score (nSPS) is 14.0. The van der Waals surface area contributed by atoms with Crippen LogP contribution in [-0.4, -0.2) is 44.6 Å². The first kappa shape index (κ1) is 15.5. The van der Waals surface area contributed by atoms with Crippen molar-refractivity contribution in [1.29, 1.82) is 0 Å². The van der Waals surface area contributed by atoms with Crippen molar-refractivity contribution in [3.63, 3.8) is 0 Å². The summed E-state index contributed by atoms with van der Waals surface area (Å²) in [5.41, 5.74) is 7.12. The lowest BCUT2D eigenvalue weighted by Crippen LogP contribution is -2.42. The molecular formula is C14H23N3O2. The summed E-state index contributed by atoms with van der Waals surface area (Å²) in [7, 11) is 5.16. The van der Waals surface area contributed by atoms with Crippen molar-refractivity contribution in [1.82, 2.24) is 10.2 Å². The number of carbonyl (C=O) groups excluding carboxylic acids is 1. The van der Waals surface area contributed by atoms with Gasteiger partial charge in [0, 0.05) is 19.1 Å². The third-order valence-electron chi connectivity index (χ3n) is 3.10. The molecule has 0 aliphatic heterocycles. The zero-order valence-electron chi connectivity index (χ0n) is 12.0. The number of methoxy groups -OCH3 is 1. The topological polar surface area (TPSA) is 67.6 Å². The molecule has 1 aromatic carbocycles. The number of benzene rings is 1. The number of nitrogens with zero attached hydrogens (tertiary/aromatic N) is 1. The molecule has 5 heteroatoms. The van der Waals surface area contributed by atoms with Gasteiger partial charge in [0.2, 0.25) is 5.91 Å². The van der Waals surface area contributed by atoms with Crippen LogP contribution in [0.2, 0.25) is 0 Å². The molecular weight excluding hydrogens is 242 g/mol. The molecule has 0 saturated carbocycles. The Morgan fingerprint density at radius 2 is 2.00 bits per heavy atom. The van der Waals surface area contributed by atoms with Crippen LogP contribution in [0, 0.1) is 0 Å². The second kappa shape index (κ2) is 7.11. The van der Waals surface area contributed by atoms with Crippen molar-refractivity contribution in [3.05, 3.63) is 29.8 Å². The highest BCUT2D eigenvalue weighted by Gasteiger charge is 2.22. The molecule has 0 radical (unpaired) electrons. The first-order chi connectivity index (χ1) is 8.99. The van der Waals surface area contributed by atoms with Crippen LogP contribution in [0.4, 0.5) is 0 Å². The van der Waals surface area contributed by atoms with Gasteiger partial charge in [0.05, 0.1) is 13.7 Å². The van der Waals surface area contributed by atoms with Crippen molar-refractivity contribution in [2.24, 2.45) is 5.73 Å². The fourth-order valence-corrected chi connectivity index (χ4v) is 2.16. The van der Waals surface area contributed by atoms with Gasteiger partial charge >= 0.3 is 0 Å². The third kappa shape index (κ3) is 4.22. The Bertz CT molecular complexity index is 404. The van der Waals surface area contributed by atoms with Gasteiger partial charge in [-0.05, 0) is 31.7 Å². The molecule has 19 heavy (non-hydrogen) atoms. The number of carbonyl (C=O) groups is 1. The summed E-state index contributed by atoms with van der Waals surface area (Å²) in [5.74, 6) is 0.780. The summed E-state index contributed by atoms with van der Waals surface area (Å²) in [5, 5.41) is 2.62. The Hall–Kier alpha value is -1.59. The molecule has 0 aliphatic carbocycles. The minimum atomic E-state index is -0.0805. The van der Waals surface area contributed by atoms with Crippen LogP contribution in [0.1, 0.15) is 18.5 Å². The Labute approximate surface area is 114 Å². The average molecular weight is 265 g/mol. The van der Waals surface area contributed by atoms with E-state index in [1.165, 1.54) is 0 Å². The van der Waals surface area contributed by atoms with Gasteiger partial charge in [-0.15, -0.1) is 0 Å². The Morgan fingerprint density at radius 1 is 1.42 bits per heavy atom. The SMILES string of the molecule is CNC(=O)CN(C)C(c1ccc(OC)cc1)C(C)N. The van der Waals surface area contributed by atoms with Crippen LogP contribution in [0.5, 0.6) is 5.75 Å². The molecule has 1 aromatic rings. The number of amides is 1. The van der Waals surface area contributed by atoms with Crippen LogP contribution in [0.3, 0.4) is 0 Å². The van der Waals surface area contributed by atoms with E-state index in [9.17, 15) is 4.79 Å². The van der Waals surface area contributed by atoms with E-state index in [0.29, 0.717) is 6.54 Å². The highest BCUT2D eigenvalue weighted by Crippen LogP contribution is 2.24. The van der Waals surface area contributed by atoms with E-state index in [1.54, 1.807) is 14.2 Å². The quantitative estimate of drug-likeness (QED) is 0.797. The lowest BCUT2D eigenvalue weighted by Gasteiger charge is -2.31. The number of hydrogen-bond donors (Lipinski definition) is 2. The minimum Gasteiger partial charge on any atom is -0.497 e. The van der Waals surface area contributed by atoms with Crippen LogP contribution in [0.15, 0.2) is 24.3 Å². The highest BCUT2D eigenvalue weighted by atomic mass is 16.5. The van der Waals surface area contributed by atoms with E-state index in [1.807, 2.05) is 43.1 Å². The van der Waals surface area contributed by atoms with Crippen LogP contribution in [-0.2, 0) is 4.79 Å². The van der Waals surface area contributed by atoms with Crippen molar-refractivity contribution in [3.8, 4) is 5.75 Å². The number of ether oxygens (including phenoxy) is 1. The predicted molar refractivity (Wildman–Crippen MR) is 76.1 cm³/mol. The lowest BCUT2D eigenvalue weighted by molar-refractivity contribution is -0.122. The van der Waals surface area contributed by atoms with Crippen molar-refractivity contribution in [2.45, 2.75) is 19.0 Å². The first-order valence-electron chi connectivity index (χ1n) is 6.30. The van der Waals surface area contributed by atoms with Gasteiger partial charge in [-0.2, -0.15) is 0 Å². The third-order valence-corrected chi connectivity index (χ3v) is 3.10. The molecule has 0 fully saturated rings. The average Bonchev–Trinajstić information content (AvgIpc) is 2.39. The summed E-state index contributed by atoms with van der Waals surface area (Å²) in [6.07, 6.45) is 0. The van der Waals surface area contributed by atoms with Crippen LogP contribution in [0.25, 0.3) is 0 Å². The highest BCUT2D eigenvalue weighted by molar-refractivity contribution is 5.77. The van der Waals surface area contributed by atoms with E-state index in [4.69, 9.17) is 10.5 Å². The molecule has 1 amide bonds. The van der Waals surface area contributed by atoms with Crippen molar-refractivity contribution < 1.29 is 9.53 Å². The molecule has 0 aliphatic rings. The molecule has 0 aromatic heterocycles. The summed E-state index contributed by atoms with van der Waals surface area (Å²) in [6.45, 7) is 2.25. The molecule has 2 unspecified atom stereocenters. The molecule has 5 nitrogen and oxygen atoms in total. The maximum atomic E-state index is 11.5. The monoisotopic (exact) mass is 265 g/mol. The summed E-state index contributed by atoms with van der Waals surface area (Å²) in [4.78, 5) is 13.4. The first-order valence-corrected chi connectivity index (χ1v) is 6.30. The number of likely N-dealkylation sites (N-methyl/N-ethyl adjacent to an activating group) is 2. The molecule has 0 heterocycles. The summed E-state index contributed by atoms with van der Waals surface area (Å²) in [6, 6.07) is 7.67. The van der Waals surface area contributed by atoms with Gasteiger partial charge in [0.15, 0.2) is 0 Å². The van der Waals surface area contributed by atoms with Gasteiger partial charge in [-0.25, -0.2) is 0 Å². The fraction of sp³-hybridized carbons (Fsp3) is 0.500. The van der Waals surface area contributed by atoms with Crippen LogP contribution < -0.4 is 15.8 Å². The van der Waals surface area contributed by atoms with E-state index in [0.717, 1.165) is 11.3 Å². The maximum absolute atomic E-state index is 11.5. The smallest absolute Gasteiger partial charge is 0.233 e. The molecule has 0 bridgehead atoms. The second-order valence-electron chi connectivity index (χ2n) is 4.67. The van der Waals surface area contributed by atoms with Gasteiger partial charge in [0.1, 0.15) is 5.75 Å². The van der Waals surface area contributed by atoms with E-state index in [2.05, 4.69) is 5.32 Å². The lowest BCUT2D eigenvalue weighted by atomic mass is 9.99. The molecule has 0 spiro atoms. The van der Waals surface area contributed by atoms with Gasteiger partial charge in [-0.3, -0.25) is 9.69 Å². The van der Waals surface area contributed by atoms with Crippen molar-refractivity contribution in [2.75, 3.05) is 27.7 Å². The number of rotatable bonds is 6. The molecule has 3 N–H and O–H groups in total. The maximum Gasteiger partial charge on any atom is 0.233 e. The number of hydrogen-bond acceptors (Lipinski definition) is 4. The van der Waals surface area contributed by atoms with E-state index >= 15 is 0 Å². The fourth-order valence-electron chi connectivity index (χ4n) is 2.16. The molecule has 0 saturated heterocycles. The second-order valence-corrected chi connectivity index (χ2v) is 4.67. The van der Waals surface area contributed by atoms with E-state index in [-0.39, 0.29) is 18.0 Å². The van der Waals surface area contributed by atoms with Crippen LogP contribution >= 0.6 is 0 Å². The predicted octanol–water partition coefficient (Wildman–Crippen LogP) is 0.761. The molecule has 2 atom stereocenters. The van der Waals surface area contributed by atoms with Gasteiger partial charge in [-0.1, -0.05) is 12.1 Å². The Balaban J connectivity index is 2.89. The largest absolute Gasteiger partial charge is 0.497 e. The Kier molecular flexibility index (Phi) is 5.79. The van der Waals surface area contributed by atoms with Gasteiger partial charge in [0.25, 0.3) is 0 Å². The minimum absolute atomic E-state index is 0.0109. The Morgan fingerprint density at radius 3 is 2.42 bits per heavy atom. The molecule has 1 rings (SSSR count). The van der Waals surface area contributed by atoms with Gasteiger partial charge < -0.3 is 15.8 Å². The zero-order valence-corrected chi connectivity index (χ0v) is 12.0. The summed E-state index contributed by atoms with van der Waals surface area (Å²) >= 11 is 0. The standard InChI is InChI=1S/C14H23N3O2/c1-10(15)14(17(3)9-13(18)16-2)11-5-7-12(19-4)8-6-11/h5-8,10,14H,9,15H2,1-4H3,(H,16,18).